The molecule has 27 heavy (non-hydrogen) atoms. The smallest absolute Gasteiger partial charge is 0.289 e. The maximum absolute atomic E-state index is 12.2. The fraction of sp³-hybridized carbons (Fsp3) is 0.0556. The molecule has 0 atom stereocenters. The lowest BCUT2D eigenvalue weighted by molar-refractivity contribution is -0.396. The van der Waals surface area contributed by atoms with Gasteiger partial charge in [0.25, 0.3) is 11.4 Å². The van der Waals surface area contributed by atoms with Crippen molar-refractivity contribution in [2.45, 2.75) is 4.90 Å². The molecule has 3 aromatic carbocycles. The van der Waals surface area contributed by atoms with Crippen LogP contribution in [-0.2, 0) is 4.79 Å². The van der Waals surface area contributed by atoms with Gasteiger partial charge in [-0.2, -0.15) is 0 Å². The van der Waals surface area contributed by atoms with E-state index in [1.807, 2.05) is 36.4 Å². The van der Waals surface area contributed by atoms with Crippen LogP contribution in [0.1, 0.15) is 0 Å². The number of nitrogens with zero attached hydrogens (tertiary/aromatic N) is 2. The molecule has 0 heterocycles. The van der Waals surface area contributed by atoms with Gasteiger partial charge in [0.15, 0.2) is 0 Å². The van der Waals surface area contributed by atoms with Crippen molar-refractivity contribution >= 4 is 45.5 Å². The van der Waals surface area contributed by atoms with Crippen LogP contribution in [0, 0.1) is 20.2 Å². The minimum atomic E-state index is -0.701. The zero-order valence-electron chi connectivity index (χ0n) is 13.8. The van der Waals surface area contributed by atoms with Crippen LogP contribution < -0.4 is 5.32 Å². The molecule has 0 bridgehead atoms. The summed E-state index contributed by atoms with van der Waals surface area (Å²) in [6.45, 7) is 0. The van der Waals surface area contributed by atoms with Crippen LogP contribution in [-0.4, -0.2) is 21.5 Å². The summed E-state index contributed by atoms with van der Waals surface area (Å²) in [6.07, 6.45) is 0. The van der Waals surface area contributed by atoms with E-state index in [0.29, 0.717) is 5.69 Å². The second-order valence-corrected chi connectivity index (χ2v) is 6.58. The summed E-state index contributed by atoms with van der Waals surface area (Å²) in [7, 11) is 0. The van der Waals surface area contributed by atoms with Crippen LogP contribution in [0.25, 0.3) is 10.8 Å². The van der Waals surface area contributed by atoms with Crippen LogP contribution in [0.3, 0.4) is 0 Å². The number of non-ortho nitro benzene ring substituents is 1. The number of hydrogen-bond acceptors (Lipinski definition) is 6. The fourth-order valence-electron chi connectivity index (χ4n) is 2.49. The lowest BCUT2D eigenvalue weighted by Crippen LogP contribution is -2.14. The summed E-state index contributed by atoms with van der Waals surface area (Å²) in [5, 5.41) is 26.7. The zero-order chi connectivity index (χ0) is 19.4. The highest BCUT2D eigenvalue weighted by Crippen LogP contribution is 2.32. The molecular weight excluding hydrogens is 370 g/mol. The van der Waals surface area contributed by atoms with E-state index in [-0.39, 0.29) is 22.2 Å². The number of rotatable bonds is 6. The molecule has 0 fully saturated rings. The Hall–Kier alpha value is -3.46. The highest BCUT2D eigenvalue weighted by molar-refractivity contribution is 8.00. The molecule has 0 radical (unpaired) electrons. The van der Waals surface area contributed by atoms with E-state index < -0.39 is 15.5 Å². The Kier molecular flexibility index (Phi) is 5.32. The molecule has 3 rings (SSSR count). The van der Waals surface area contributed by atoms with Crippen molar-refractivity contribution in [2.24, 2.45) is 0 Å². The molecule has 0 spiro atoms. The van der Waals surface area contributed by atoms with Crippen LogP contribution in [0.15, 0.2) is 65.6 Å². The van der Waals surface area contributed by atoms with Gasteiger partial charge in [0.2, 0.25) is 5.91 Å². The summed E-state index contributed by atoms with van der Waals surface area (Å²) >= 11 is 0.950. The number of anilines is 1. The molecule has 0 saturated heterocycles. The molecule has 1 N–H and O–H groups in total. The van der Waals surface area contributed by atoms with Gasteiger partial charge in [-0.15, -0.1) is 11.8 Å². The lowest BCUT2D eigenvalue weighted by atomic mass is 10.1. The van der Waals surface area contributed by atoms with E-state index in [0.717, 1.165) is 28.6 Å². The summed E-state index contributed by atoms with van der Waals surface area (Å²) < 4.78 is 0. The third-order valence-electron chi connectivity index (χ3n) is 3.74. The molecule has 0 unspecified atom stereocenters. The molecular formula is C18H13N3O5S. The average Bonchev–Trinajstić information content (AvgIpc) is 2.66. The summed E-state index contributed by atoms with van der Waals surface area (Å²) in [5.41, 5.74) is -0.142. The first-order valence-electron chi connectivity index (χ1n) is 7.78. The van der Waals surface area contributed by atoms with Crippen molar-refractivity contribution in [3.8, 4) is 0 Å². The second-order valence-electron chi connectivity index (χ2n) is 5.57. The van der Waals surface area contributed by atoms with Gasteiger partial charge >= 0.3 is 0 Å². The van der Waals surface area contributed by atoms with Gasteiger partial charge in [0.1, 0.15) is 0 Å². The van der Waals surface area contributed by atoms with Crippen molar-refractivity contribution in [2.75, 3.05) is 11.1 Å². The predicted molar refractivity (Wildman–Crippen MR) is 103 cm³/mol. The van der Waals surface area contributed by atoms with E-state index in [4.69, 9.17) is 0 Å². The molecule has 3 aromatic rings. The van der Waals surface area contributed by atoms with Crippen molar-refractivity contribution in [1.82, 2.24) is 0 Å². The first-order valence-corrected chi connectivity index (χ1v) is 8.77. The third-order valence-corrected chi connectivity index (χ3v) is 4.80. The monoisotopic (exact) mass is 383 g/mol. The minimum absolute atomic E-state index is 0.0640. The molecule has 0 aliphatic heterocycles. The molecule has 1 amide bonds. The van der Waals surface area contributed by atoms with Gasteiger partial charge in [-0.1, -0.05) is 30.3 Å². The Balaban J connectivity index is 1.69. The van der Waals surface area contributed by atoms with E-state index >= 15 is 0 Å². The van der Waals surface area contributed by atoms with Crippen LogP contribution in [0.5, 0.6) is 0 Å². The van der Waals surface area contributed by atoms with Crippen molar-refractivity contribution in [1.29, 1.82) is 0 Å². The quantitative estimate of drug-likeness (QED) is 0.383. The number of nitrogens with one attached hydrogen (secondary N) is 1. The van der Waals surface area contributed by atoms with Crippen molar-refractivity contribution in [3.05, 3.63) is 80.9 Å². The van der Waals surface area contributed by atoms with Crippen LogP contribution >= 0.6 is 11.8 Å². The average molecular weight is 383 g/mol. The number of carbonyl (C=O) groups excluding carboxylic acids is 1. The minimum Gasteiger partial charge on any atom is -0.325 e. The van der Waals surface area contributed by atoms with Crippen molar-refractivity contribution in [3.63, 3.8) is 0 Å². The van der Waals surface area contributed by atoms with Gasteiger partial charge in [-0.05, 0) is 29.0 Å². The third kappa shape index (κ3) is 4.39. The Labute approximate surface area is 157 Å². The van der Waals surface area contributed by atoms with Crippen molar-refractivity contribution < 1.29 is 14.6 Å². The normalized spacial score (nSPS) is 10.5. The molecule has 0 aromatic heterocycles. The van der Waals surface area contributed by atoms with Crippen LogP contribution in [0.4, 0.5) is 17.1 Å². The molecule has 9 heteroatoms. The van der Waals surface area contributed by atoms with Gasteiger partial charge in [-0.25, -0.2) is 0 Å². The van der Waals surface area contributed by atoms with E-state index in [2.05, 4.69) is 5.32 Å². The predicted octanol–water partition coefficient (Wildman–Crippen LogP) is 4.39. The Morgan fingerprint density at radius 1 is 0.926 bits per heavy atom. The maximum atomic E-state index is 12.2. The topological polar surface area (TPSA) is 115 Å². The number of carbonyl (C=O) groups is 1. The van der Waals surface area contributed by atoms with Gasteiger partial charge in [0.05, 0.1) is 26.6 Å². The number of benzene rings is 3. The van der Waals surface area contributed by atoms with E-state index in [1.54, 1.807) is 6.07 Å². The Morgan fingerprint density at radius 2 is 1.67 bits per heavy atom. The summed E-state index contributed by atoms with van der Waals surface area (Å²) in [6, 6.07) is 16.6. The number of nitro benzene ring substituents is 2. The largest absolute Gasteiger partial charge is 0.325 e. The number of thioether (sulfide) groups is 1. The molecule has 8 nitrogen and oxygen atoms in total. The van der Waals surface area contributed by atoms with Gasteiger partial charge in [0, 0.05) is 11.8 Å². The van der Waals surface area contributed by atoms with Gasteiger partial charge < -0.3 is 5.32 Å². The molecule has 0 saturated carbocycles. The standard InChI is InChI=1S/C18H13N3O5S/c22-18(19-14-6-5-12-3-1-2-4-13(12)9-14)11-27-17-8-7-15(20(23)24)10-16(17)21(25)26/h1-10H,11H2,(H,19,22). The molecule has 136 valence electrons. The van der Waals surface area contributed by atoms with E-state index in [9.17, 15) is 25.0 Å². The molecule has 0 aliphatic carbocycles. The fourth-order valence-corrected chi connectivity index (χ4v) is 3.30. The van der Waals surface area contributed by atoms with Crippen LogP contribution in [0.2, 0.25) is 0 Å². The number of hydrogen-bond donors (Lipinski definition) is 1. The highest BCUT2D eigenvalue weighted by Gasteiger charge is 2.20. The SMILES string of the molecule is O=C(CSc1ccc([N+](=O)[O-])cc1[N+](=O)[O-])Nc1ccc2ccccc2c1. The van der Waals surface area contributed by atoms with Gasteiger partial charge in [-0.3, -0.25) is 25.0 Å². The second kappa shape index (κ2) is 7.83. The highest BCUT2D eigenvalue weighted by atomic mass is 32.2. The lowest BCUT2D eigenvalue weighted by Gasteiger charge is -2.07. The first kappa shape index (κ1) is 18.3. The summed E-state index contributed by atoms with van der Waals surface area (Å²) in [5.74, 6) is -0.395. The Morgan fingerprint density at radius 3 is 2.37 bits per heavy atom. The summed E-state index contributed by atoms with van der Waals surface area (Å²) in [4.78, 5) is 32.9. The number of fused-ring (bicyclic) bond motifs is 1. The number of nitro groups is 2. The van der Waals surface area contributed by atoms with E-state index in [1.165, 1.54) is 12.1 Å². The maximum Gasteiger partial charge on any atom is 0.289 e. The molecule has 0 aliphatic rings. The first-order chi connectivity index (χ1) is 12.9. The Bertz CT molecular complexity index is 1050. The zero-order valence-corrected chi connectivity index (χ0v) is 14.6. The number of amides is 1.